The maximum atomic E-state index is 3.65. The minimum Gasteiger partial charge on any atom is -0.353 e. The molecule has 2 aromatic carbocycles. The van der Waals surface area contributed by atoms with Gasteiger partial charge in [0, 0.05) is 9.79 Å². The van der Waals surface area contributed by atoms with Crippen LogP contribution in [-0.4, -0.2) is 0 Å². The van der Waals surface area contributed by atoms with Crippen molar-refractivity contribution in [3.63, 3.8) is 0 Å². The highest BCUT2D eigenvalue weighted by molar-refractivity contribution is 7.99. The smallest absolute Gasteiger partial charge is 0.0558 e. The average molecular weight is 311 g/mol. The average Bonchev–Trinajstić information content (AvgIpc) is 2.56. The zero-order valence-corrected chi connectivity index (χ0v) is 14.2. The van der Waals surface area contributed by atoms with Crippen molar-refractivity contribution in [2.75, 3.05) is 5.32 Å². The number of benzene rings is 2. The molecule has 0 atom stereocenters. The van der Waals surface area contributed by atoms with E-state index in [0.717, 1.165) is 0 Å². The van der Waals surface area contributed by atoms with E-state index in [1.54, 1.807) is 0 Å². The summed E-state index contributed by atoms with van der Waals surface area (Å²) in [6.45, 7) is 2.28. The number of hydrogen-bond donors (Lipinski definition) is 1. The maximum absolute atomic E-state index is 3.65. The van der Waals surface area contributed by atoms with Crippen molar-refractivity contribution in [1.29, 1.82) is 0 Å². The zero-order valence-electron chi connectivity index (χ0n) is 13.4. The van der Waals surface area contributed by atoms with E-state index in [0.29, 0.717) is 0 Å². The van der Waals surface area contributed by atoms with Crippen LogP contribution in [0.1, 0.15) is 51.0 Å². The highest BCUT2D eigenvalue weighted by Crippen LogP contribution is 2.45. The molecule has 0 aromatic heterocycles. The van der Waals surface area contributed by atoms with Crippen molar-refractivity contribution in [2.45, 2.75) is 61.7 Å². The van der Waals surface area contributed by atoms with E-state index in [4.69, 9.17) is 0 Å². The first kappa shape index (κ1) is 15.5. The normalized spacial score (nSPS) is 12.4. The first-order chi connectivity index (χ1) is 10.9. The number of hydrogen-bond acceptors (Lipinski definition) is 2. The fourth-order valence-corrected chi connectivity index (χ4v) is 4.06. The van der Waals surface area contributed by atoms with Crippen molar-refractivity contribution in [3.05, 3.63) is 48.0 Å². The predicted octanol–water partition coefficient (Wildman–Crippen LogP) is 6.80. The van der Waals surface area contributed by atoms with Gasteiger partial charge in [-0.2, -0.15) is 0 Å². The second-order valence-electron chi connectivity index (χ2n) is 6.03. The molecule has 116 valence electrons. The largest absolute Gasteiger partial charge is 0.353 e. The molecule has 2 aromatic rings. The topological polar surface area (TPSA) is 12.0 Å². The molecule has 0 saturated carbocycles. The predicted molar refractivity (Wildman–Crippen MR) is 97.4 cm³/mol. The number of rotatable bonds is 7. The fraction of sp³-hybridized carbons (Fsp3) is 0.400. The highest BCUT2D eigenvalue weighted by Gasteiger charge is 2.17. The van der Waals surface area contributed by atoms with Crippen LogP contribution in [0.4, 0.5) is 11.4 Å². The van der Waals surface area contributed by atoms with Gasteiger partial charge in [0.25, 0.3) is 0 Å². The molecule has 0 spiro atoms. The van der Waals surface area contributed by atoms with Gasteiger partial charge >= 0.3 is 0 Å². The lowest BCUT2D eigenvalue weighted by molar-refractivity contribution is 0.607. The third-order valence-corrected chi connectivity index (χ3v) is 5.41. The number of nitrogens with one attached hydrogen (secondary N) is 1. The summed E-state index contributed by atoms with van der Waals surface area (Å²) in [7, 11) is 0. The molecule has 1 N–H and O–H groups in total. The lowest BCUT2D eigenvalue weighted by Crippen LogP contribution is -2.03. The van der Waals surface area contributed by atoms with Crippen molar-refractivity contribution < 1.29 is 0 Å². The van der Waals surface area contributed by atoms with Crippen LogP contribution in [-0.2, 0) is 6.42 Å². The van der Waals surface area contributed by atoms with Crippen LogP contribution in [0.2, 0.25) is 0 Å². The summed E-state index contributed by atoms with van der Waals surface area (Å²) in [6, 6.07) is 15.3. The monoisotopic (exact) mass is 311 g/mol. The Labute approximate surface area is 138 Å². The Balaban J connectivity index is 1.63. The number of unbranched alkanes of at least 4 members (excludes halogenated alkanes) is 5. The number of aryl methyl sites for hydroxylation is 1. The Hall–Kier alpha value is -1.41. The van der Waals surface area contributed by atoms with Gasteiger partial charge in [-0.1, -0.05) is 75.1 Å². The van der Waals surface area contributed by atoms with Crippen LogP contribution in [0.25, 0.3) is 0 Å². The molecule has 1 aliphatic heterocycles. The molecule has 2 heteroatoms. The number of para-hydroxylation sites is 2. The second-order valence-corrected chi connectivity index (χ2v) is 7.12. The van der Waals surface area contributed by atoms with Gasteiger partial charge in [-0.3, -0.25) is 0 Å². The van der Waals surface area contributed by atoms with E-state index in [9.17, 15) is 0 Å². The summed E-state index contributed by atoms with van der Waals surface area (Å²) in [6.07, 6.45) is 9.33. The van der Waals surface area contributed by atoms with E-state index < -0.39 is 0 Å². The van der Waals surface area contributed by atoms with E-state index in [-0.39, 0.29) is 0 Å². The Morgan fingerprint density at radius 3 is 2.50 bits per heavy atom. The van der Waals surface area contributed by atoms with Crippen LogP contribution in [0.5, 0.6) is 0 Å². The Morgan fingerprint density at radius 1 is 0.818 bits per heavy atom. The van der Waals surface area contributed by atoms with Crippen molar-refractivity contribution in [3.8, 4) is 0 Å². The quantitative estimate of drug-likeness (QED) is 0.482. The van der Waals surface area contributed by atoms with Crippen LogP contribution in [0.15, 0.2) is 52.3 Å². The molecule has 0 unspecified atom stereocenters. The molecule has 3 rings (SSSR count). The standard InChI is InChI=1S/C20H25NS/c1-2-3-4-5-6-7-11-16-12-10-15-19-20(16)21-17-13-8-9-14-18(17)22-19/h8-10,12-15,21H,2-7,11H2,1H3. The van der Waals surface area contributed by atoms with Gasteiger partial charge in [-0.25, -0.2) is 0 Å². The van der Waals surface area contributed by atoms with Crippen LogP contribution >= 0.6 is 11.8 Å². The lowest BCUT2D eigenvalue weighted by Gasteiger charge is -2.23. The van der Waals surface area contributed by atoms with Gasteiger partial charge in [0.15, 0.2) is 0 Å². The first-order valence-electron chi connectivity index (χ1n) is 8.54. The van der Waals surface area contributed by atoms with Crippen molar-refractivity contribution in [2.24, 2.45) is 0 Å². The summed E-state index contributed by atoms with van der Waals surface area (Å²) in [4.78, 5) is 2.69. The molecule has 0 saturated heterocycles. The molecule has 0 bridgehead atoms. The molecule has 0 fully saturated rings. The maximum Gasteiger partial charge on any atom is 0.0558 e. The SMILES string of the molecule is CCCCCCCCc1cccc2c1Nc1ccccc1S2. The van der Waals surface area contributed by atoms with E-state index in [2.05, 4.69) is 54.7 Å². The molecular weight excluding hydrogens is 286 g/mol. The summed E-state index contributed by atoms with van der Waals surface area (Å²) >= 11 is 1.88. The summed E-state index contributed by atoms with van der Waals surface area (Å²) in [5.74, 6) is 0. The Morgan fingerprint density at radius 2 is 1.59 bits per heavy atom. The van der Waals surface area contributed by atoms with E-state index >= 15 is 0 Å². The van der Waals surface area contributed by atoms with Gasteiger partial charge < -0.3 is 5.32 Å². The van der Waals surface area contributed by atoms with Crippen molar-refractivity contribution >= 4 is 23.1 Å². The third-order valence-electron chi connectivity index (χ3n) is 4.28. The first-order valence-corrected chi connectivity index (χ1v) is 9.36. The van der Waals surface area contributed by atoms with Gasteiger partial charge in [0.05, 0.1) is 11.4 Å². The molecule has 0 radical (unpaired) electrons. The zero-order chi connectivity index (χ0) is 15.2. The molecule has 1 nitrogen and oxygen atoms in total. The molecule has 1 aliphatic rings. The molecule has 0 amide bonds. The number of fused-ring (bicyclic) bond motifs is 2. The number of anilines is 2. The Bertz CT molecular complexity index is 621. The fourth-order valence-electron chi connectivity index (χ4n) is 3.02. The summed E-state index contributed by atoms with van der Waals surface area (Å²) < 4.78 is 0. The van der Waals surface area contributed by atoms with Crippen LogP contribution in [0, 0.1) is 0 Å². The molecule has 0 aliphatic carbocycles. The summed E-state index contributed by atoms with van der Waals surface area (Å²) in [5.41, 5.74) is 4.05. The Kier molecular flexibility index (Phi) is 5.44. The molecule has 22 heavy (non-hydrogen) atoms. The molecule has 1 heterocycles. The van der Waals surface area contributed by atoms with Gasteiger partial charge in [0.1, 0.15) is 0 Å². The van der Waals surface area contributed by atoms with Gasteiger partial charge in [-0.15, -0.1) is 0 Å². The second kappa shape index (κ2) is 7.73. The van der Waals surface area contributed by atoms with Crippen molar-refractivity contribution in [1.82, 2.24) is 0 Å². The van der Waals surface area contributed by atoms with Crippen LogP contribution in [0.3, 0.4) is 0 Å². The van der Waals surface area contributed by atoms with Gasteiger partial charge in [0.2, 0.25) is 0 Å². The van der Waals surface area contributed by atoms with Crippen LogP contribution < -0.4 is 5.32 Å². The minimum atomic E-state index is 1.19. The lowest BCUT2D eigenvalue weighted by atomic mass is 10.0. The molecular formula is C20H25NS. The third kappa shape index (κ3) is 3.67. The highest BCUT2D eigenvalue weighted by atomic mass is 32.2. The van der Waals surface area contributed by atoms with E-state index in [1.807, 2.05) is 11.8 Å². The van der Waals surface area contributed by atoms with Gasteiger partial charge in [-0.05, 0) is 36.6 Å². The van der Waals surface area contributed by atoms with E-state index in [1.165, 1.54) is 71.7 Å². The summed E-state index contributed by atoms with van der Waals surface area (Å²) in [5, 5.41) is 3.65. The minimum absolute atomic E-state index is 1.19.